The third-order valence-electron chi connectivity index (χ3n) is 3.28. The summed E-state index contributed by atoms with van der Waals surface area (Å²) in [6.45, 7) is 3.42. The standard InChI is InChI=1S/C13H16ClN3O2S2/c1-8-12(20-13(15)16-8)21(18,19)17(3)9(2)10-6-4-5-7-11(10)14/h4-7,9H,1-3H3,(H2,15,16). The lowest BCUT2D eigenvalue weighted by Crippen LogP contribution is -2.29. The van der Waals surface area contributed by atoms with Crippen LogP contribution in [0.3, 0.4) is 0 Å². The molecule has 0 saturated carbocycles. The average molecular weight is 346 g/mol. The number of nitrogens with zero attached hydrogens (tertiary/aromatic N) is 2. The molecule has 1 unspecified atom stereocenters. The molecule has 0 aliphatic rings. The summed E-state index contributed by atoms with van der Waals surface area (Å²) < 4.78 is 26.8. The Hall–Kier alpha value is -1.15. The number of nitrogens with two attached hydrogens (primary N) is 1. The highest BCUT2D eigenvalue weighted by atomic mass is 35.5. The second kappa shape index (κ2) is 5.92. The van der Waals surface area contributed by atoms with Crippen molar-refractivity contribution < 1.29 is 8.42 Å². The minimum Gasteiger partial charge on any atom is -0.375 e. The second-order valence-corrected chi connectivity index (χ2v) is 8.27. The molecular formula is C13H16ClN3O2S2. The van der Waals surface area contributed by atoms with Crippen molar-refractivity contribution in [2.45, 2.75) is 24.1 Å². The monoisotopic (exact) mass is 345 g/mol. The van der Waals surface area contributed by atoms with E-state index in [0.29, 0.717) is 10.7 Å². The first-order valence-corrected chi connectivity index (χ1v) is 8.84. The van der Waals surface area contributed by atoms with Crippen molar-refractivity contribution in [2.75, 3.05) is 12.8 Å². The SMILES string of the molecule is Cc1nc(N)sc1S(=O)(=O)N(C)C(C)c1ccccc1Cl. The van der Waals surface area contributed by atoms with Gasteiger partial charge in [0.25, 0.3) is 10.0 Å². The van der Waals surface area contributed by atoms with E-state index < -0.39 is 16.1 Å². The number of sulfonamides is 1. The van der Waals surface area contributed by atoms with Crippen LogP contribution in [-0.2, 0) is 10.0 Å². The van der Waals surface area contributed by atoms with Crippen molar-refractivity contribution in [2.24, 2.45) is 0 Å². The molecule has 0 spiro atoms. The summed E-state index contributed by atoms with van der Waals surface area (Å²) in [5.74, 6) is 0. The van der Waals surface area contributed by atoms with Crippen molar-refractivity contribution in [1.82, 2.24) is 9.29 Å². The van der Waals surface area contributed by atoms with Crippen LogP contribution in [0, 0.1) is 6.92 Å². The summed E-state index contributed by atoms with van der Waals surface area (Å²) in [5, 5.41) is 0.775. The van der Waals surface area contributed by atoms with Crippen LogP contribution >= 0.6 is 22.9 Å². The Balaban J connectivity index is 2.41. The molecule has 1 atom stereocenters. The van der Waals surface area contributed by atoms with E-state index in [4.69, 9.17) is 17.3 Å². The number of rotatable bonds is 4. The van der Waals surface area contributed by atoms with Gasteiger partial charge in [0, 0.05) is 18.1 Å². The normalized spacial score (nSPS) is 13.6. The summed E-state index contributed by atoms with van der Waals surface area (Å²) >= 11 is 7.11. The summed E-state index contributed by atoms with van der Waals surface area (Å²) in [5.41, 5.74) is 6.75. The molecule has 114 valence electrons. The zero-order valence-electron chi connectivity index (χ0n) is 11.9. The zero-order chi connectivity index (χ0) is 15.8. The van der Waals surface area contributed by atoms with E-state index >= 15 is 0 Å². The maximum Gasteiger partial charge on any atom is 0.254 e. The molecule has 0 amide bonds. The third-order valence-corrected chi connectivity index (χ3v) is 7.13. The van der Waals surface area contributed by atoms with Gasteiger partial charge in [-0.3, -0.25) is 0 Å². The van der Waals surface area contributed by atoms with Crippen LogP contribution in [0.2, 0.25) is 5.02 Å². The fraction of sp³-hybridized carbons (Fsp3) is 0.308. The molecule has 0 aliphatic carbocycles. The van der Waals surface area contributed by atoms with Gasteiger partial charge in [0.2, 0.25) is 0 Å². The van der Waals surface area contributed by atoms with Gasteiger partial charge in [0.1, 0.15) is 0 Å². The molecule has 8 heteroatoms. The van der Waals surface area contributed by atoms with Crippen molar-refractivity contribution in [3.63, 3.8) is 0 Å². The maximum atomic E-state index is 12.7. The summed E-state index contributed by atoms with van der Waals surface area (Å²) in [6.07, 6.45) is 0. The van der Waals surface area contributed by atoms with Gasteiger partial charge in [-0.25, -0.2) is 13.4 Å². The minimum absolute atomic E-state index is 0.168. The highest BCUT2D eigenvalue weighted by Gasteiger charge is 2.30. The van der Waals surface area contributed by atoms with Crippen molar-refractivity contribution in [3.05, 3.63) is 40.5 Å². The van der Waals surface area contributed by atoms with Gasteiger partial charge in [0.15, 0.2) is 9.34 Å². The molecule has 1 aromatic carbocycles. The topological polar surface area (TPSA) is 76.3 Å². The van der Waals surface area contributed by atoms with Crippen molar-refractivity contribution in [1.29, 1.82) is 0 Å². The number of halogens is 1. The highest BCUT2D eigenvalue weighted by molar-refractivity contribution is 7.91. The molecule has 0 aliphatic heterocycles. The largest absolute Gasteiger partial charge is 0.375 e. The number of anilines is 1. The second-order valence-electron chi connectivity index (χ2n) is 4.64. The Morgan fingerprint density at radius 2 is 2.00 bits per heavy atom. The number of benzene rings is 1. The maximum absolute atomic E-state index is 12.7. The van der Waals surface area contributed by atoms with Crippen LogP contribution in [-0.4, -0.2) is 24.8 Å². The van der Waals surface area contributed by atoms with Crippen LogP contribution < -0.4 is 5.73 Å². The smallest absolute Gasteiger partial charge is 0.254 e. The lowest BCUT2D eigenvalue weighted by atomic mass is 10.1. The lowest BCUT2D eigenvalue weighted by molar-refractivity contribution is 0.399. The van der Waals surface area contributed by atoms with Gasteiger partial charge in [-0.2, -0.15) is 4.31 Å². The van der Waals surface area contributed by atoms with Gasteiger partial charge in [-0.15, -0.1) is 0 Å². The van der Waals surface area contributed by atoms with Gasteiger partial charge in [-0.1, -0.05) is 41.1 Å². The highest BCUT2D eigenvalue weighted by Crippen LogP contribution is 2.33. The van der Waals surface area contributed by atoms with E-state index in [-0.39, 0.29) is 9.34 Å². The summed E-state index contributed by atoms with van der Waals surface area (Å²) in [4.78, 5) is 3.97. The first-order valence-electron chi connectivity index (χ1n) is 6.20. The van der Waals surface area contributed by atoms with E-state index in [1.807, 2.05) is 12.1 Å². The average Bonchev–Trinajstić information content (AvgIpc) is 2.77. The molecule has 1 heterocycles. The number of thiazole rings is 1. The van der Waals surface area contributed by atoms with Gasteiger partial charge < -0.3 is 5.73 Å². The quantitative estimate of drug-likeness (QED) is 0.923. The summed E-state index contributed by atoms with van der Waals surface area (Å²) in [7, 11) is -2.14. The summed E-state index contributed by atoms with van der Waals surface area (Å²) in [6, 6.07) is 6.79. The molecule has 5 nitrogen and oxygen atoms in total. The van der Waals surface area contributed by atoms with Crippen LogP contribution in [0.4, 0.5) is 5.13 Å². The van der Waals surface area contributed by atoms with Crippen molar-refractivity contribution >= 4 is 38.1 Å². The van der Waals surface area contributed by atoms with Gasteiger partial charge >= 0.3 is 0 Å². The molecule has 0 saturated heterocycles. The van der Waals surface area contributed by atoms with E-state index in [1.165, 1.54) is 11.4 Å². The minimum atomic E-state index is -3.66. The van der Waals surface area contributed by atoms with E-state index in [9.17, 15) is 8.42 Å². The number of nitrogen functional groups attached to an aromatic ring is 1. The molecule has 2 N–H and O–H groups in total. The Bertz CT molecular complexity index is 759. The predicted molar refractivity (Wildman–Crippen MR) is 86.1 cm³/mol. The van der Waals surface area contributed by atoms with Gasteiger partial charge in [0.05, 0.1) is 5.69 Å². The van der Waals surface area contributed by atoms with E-state index in [1.54, 1.807) is 26.0 Å². The molecule has 0 fully saturated rings. The van der Waals surface area contributed by atoms with E-state index in [2.05, 4.69) is 4.98 Å². The molecule has 0 bridgehead atoms. The van der Waals surface area contributed by atoms with Crippen LogP contribution in [0.1, 0.15) is 24.2 Å². The molecular weight excluding hydrogens is 330 g/mol. The van der Waals surface area contributed by atoms with Crippen LogP contribution in [0.5, 0.6) is 0 Å². The lowest BCUT2D eigenvalue weighted by Gasteiger charge is -2.24. The number of aryl methyl sites for hydroxylation is 1. The number of hydrogen-bond donors (Lipinski definition) is 1. The fourth-order valence-corrected chi connectivity index (χ4v) is 5.09. The first kappa shape index (κ1) is 16.2. The molecule has 0 radical (unpaired) electrons. The Morgan fingerprint density at radius 1 is 1.38 bits per heavy atom. The molecule has 1 aromatic heterocycles. The number of aromatic nitrogens is 1. The number of hydrogen-bond acceptors (Lipinski definition) is 5. The Labute approximate surface area is 133 Å². The Morgan fingerprint density at radius 3 is 2.52 bits per heavy atom. The van der Waals surface area contributed by atoms with E-state index in [0.717, 1.165) is 16.9 Å². The Kier molecular flexibility index (Phi) is 4.57. The predicted octanol–water partition coefficient (Wildman–Crippen LogP) is 3.07. The van der Waals surface area contributed by atoms with Crippen LogP contribution in [0.25, 0.3) is 0 Å². The first-order chi connectivity index (χ1) is 9.75. The molecule has 2 aromatic rings. The third kappa shape index (κ3) is 3.06. The van der Waals surface area contributed by atoms with Crippen LogP contribution in [0.15, 0.2) is 28.5 Å². The van der Waals surface area contributed by atoms with Gasteiger partial charge in [-0.05, 0) is 25.5 Å². The fourth-order valence-electron chi connectivity index (χ4n) is 1.99. The van der Waals surface area contributed by atoms with Crippen molar-refractivity contribution in [3.8, 4) is 0 Å². The molecule has 21 heavy (non-hydrogen) atoms. The zero-order valence-corrected chi connectivity index (χ0v) is 14.3. The molecule has 2 rings (SSSR count).